The zero-order chi connectivity index (χ0) is 25.9. The van der Waals surface area contributed by atoms with E-state index in [0.717, 1.165) is 19.3 Å². The fourth-order valence-electron chi connectivity index (χ4n) is 4.63. The third-order valence-corrected chi connectivity index (χ3v) is 12.9. The highest BCUT2D eigenvalue weighted by atomic mass is 28.4. The lowest BCUT2D eigenvalue weighted by molar-refractivity contribution is -0.157. The molecule has 0 aromatic rings. The largest absolute Gasteiger partial charge is 0.481 e. The molecule has 0 aromatic heterocycles. The molecule has 2 saturated heterocycles. The van der Waals surface area contributed by atoms with Crippen molar-refractivity contribution >= 4 is 26.0 Å². The Balaban J connectivity index is 1.97. The van der Waals surface area contributed by atoms with Crippen molar-refractivity contribution in [3.8, 4) is 0 Å². The highest BCUT2D eigenvalue weighted by Gasteiger charge is 2.53. The van der Waals surface area contributed by atoms with Crippen molar-refractivity contribution in [2.45, 2.75) is 129 Å². The Labute approximate surface area is 206 Å². The van der Waals surface area contributed by atoms with Crippen LogP contribution in [0, 0.1) is 11.3 Å². The summed E-state index contributed by atoms with van der Waals surface area (Å²) in [5.74, 6) is -1.05. The van der Waals surface area contributed by atoms with Gasteiger partial charge in [0.1, 0.15) is 5.78 Å². The van der Waals surface area contributed by atoms with Gasteiger partial charge in [0, 0.05) is 18.8 Å². The van der Waals surface area contributed by atoms with E-state index in [-0.39, 0.29) is 41.7 Å². The smallest absolute Gasteiger partial charge is 0.311 e. The van der Waals surface area contributed by atoms with Crippen LogP contribution in [0.4, 0.5) is 0 Å². The van der Waals surface area contributed by atoms with Crippen LogP contribution >= 0.6 is 0 Å². The second-order valence-electron chi connectivity index (χ2n) is 12.5. The first-order valence-electron chi connectivity index (χ1n) is 12.8. The highest BCUT2D eigenvalue weighted by molar-refractivity contribution is 6.74. The molecule has 2 bridgehead atoms. The average molecular weight is 499 g/mol. The monoisotopic (exact) mass is 498 g/mol. The second kappa shape index (κ2) is 10.8. The molecule has 8 heteroatoms. The predicted octanol–water partition coefficient (Wildman–Crippen LogP) is 5.51. The van der Waals surface area contributed by atoms with E-state index in [1.165, 1.54) is 0 Å². The lowest BCUT2D eigenvalue weighted by Gasteiger charge is -2.39. The molecule has 2 aliphatic rings. The normalized spacial score (nSPS) is 25.9. The minimum Gasteiger partial charge on any atom is -0.481 e. The van der Waals surface area contributed by atoms with Crippen LogP contribution in [0.25, 0.3) is 0 Å². The molecule has 0 radical (unpaired) electrons. The molecule has 0 aromatic carbocycles. The third kappa shape index (κ3) is 7.14. The number of carboxylic acids is 1. The van der Waals surface area contributed by atoms with Gasteiger partial charge in [-0.2, -0.15) is 0 Å². The minimum absolute atomic E-state index is 0.00106. The van der Waals surface area contributed by atoms with Crippen LogP contribution in [0.5, 0.6) is 0 Å². The van der Waals surface area contributed by atoms with E-state index in [9.17, 15) is 19.5 Å². The van der Waals surface area contributed by atoms with Crippen LogP contribution in [0.1, 0.15) is 92.9 Å². The Morgan fingerprint density at radius 1 is 1.15 bits per heavy atom. The van der Waals surface area contributed by atoms with Crippen molar-refractivity contribution in [3.63, 3.8) is 0 Å². The number of Topliss-reactive ketones (excluding diaryl/α,β-unsaturated/α-hetero) is 1. The van der Waals surface area contributed by atoms with Gasteiger partial charge in [0.15, 0.2) is 8.32 Å². The van der Waals surface area contributed by atoms with Gasteiger partial charge in [0.2, 0.25) is 0 Å². The molecule has 2 rings (SSSR count). The van der Waals surface area contributed by atoms with E-state index in [2.05, 4.69) is 33.9 Å². The van der Waals surface area contributed by atoms with Crippen molar-refractivity contribution in [1.29, 1.82) is 0 Å². The van der Waals surface area contributed by atoms with Gasteiger partial charge in [-0.3, -0.25) is 14.4 Å². The molecule has 1 unspecified atom stereocenters. The van der Waals surface area contributed by atoms with Crippen LogP contribution in [0.15, 0.2) is 0 Å². The highest BCUT2D eigenvalue weighted by Crippen LogP contribution is 2.50. The Morgan fingerprint density at radius 3 is 2.32 bits per heavy atom. The van der Waals surface area contributed by atoms with Gasteiger partial charge < -0.3 is 19.0 Å². The Bertz CT molecular complexity index is 755. The van der Waals surface area contributed by atoms with Crippen molar-refractivity contribution in [3.05, 3.63) is 0 Å². The molecule has 0 amide bonds. The Hall–Kier alpha value is -1.25. The van der Waals surface area contributed by atoms with Crippen molar-refractivity contribution in [2.24, 2.45) is 11.3 Å². The van der Waals surface area contributed by atoms with E-state index >= 15 is 0 Å². The first-order valence-corrected chi connectivity index (χ1v) is 15.7. The lowest BCUT2D eigenvalue weighted by Crippen LogP contribution is -2.45. The van der Waals surface area contributed by atoms with Crippen LogP contribution in [-0.2, 0) is 28.3 Å². The number of fused-ring (bicyclic) bond motifs is 2. The van der Waals surface area contributed by atoms with Gasteiger partial charge in [0.05, 0.1) is 36.3 Å². The first kappa shape index (κ1) is 29.0. The second-order valence-corrected chi connectivity index (χ2v) is 17.2. The maximum Gasteiger partial charge on any atom is 0.311 e. The minimum atomic E-state index is -2.21. The number of carboxylic acid groups (broad SMARTS) is 1. The van der Waals surface area contributed by atoms with Gasteiger partial charge in [-0.25, -0.2) is 0 Å². The van der Waals surface area contributed by atoms with Gasteiger partial charge in [-0.15, -0.1) is 0 Å². The van der Waals surface area contributed by atoms with Gasteiger partial charge in [0.25, 0.3) is 0 Å². The average Bonchev–Trinajstić information content (AvgIpc) is 3.27. The molecular formula is C26H46O7Si. The maximum atomic E-state index is 12.9. The maximum absolute atomic E-state index is 12.9. The number of esters is 1. The lowest BCUT2D eigenvalue weighted by atomic mass is 9.76. The van der Waals surface area contributed by atoms with E-state index in [1.54, 1.807) is 0 Å². The summed E-state index contributed by atoms with van der Waals surface area (Å²) in [5.41, 5.74) is -0.940. The number of hydrogen-bond acceptors (Lipinski definition) is 6. The topological polar surface area (TPSA) is 99.1 Å². The van der Waals surface area contributed by atoms with E-state index in [4.69, 9.17) is 13.9 Å². The van der Waals surface area contributed by atoms with E-state index in [0.29, 0.717) is 25.9 Å². The molecule has 34 heavy (non-hydrogen) atoms. The van der Waals surface area contributed by atoms with Crippen molar-refractivity contribution in [2.75, 3.05) is 6.61 Å². The fraction of sp³-hybridized carbons (Fsp3) is 0.885. The van der Waals surface area contributed by atoms with Gasteiger partial charge in [-0.05, 0) is 64.1 Å². The quantitative estimate of drug-likeness (QED) is 0.264. The summed E-state index contributed by atoms with van der Waals surface area (Å²) in [5, 5.41) is 9.29. The number of ether oxygens (including phenoxy) is 2. The molecule has 2 aliphatic heterocycles. The summed E-state index contributed by atoms with van der Waals surface area (Å²) < 4.78 is 18.3. The molecule has 0 saturated carbocycles. The number of carbonyl (C=O) groups excluding carboxylic acids is 2. The van der Waals surface area contributed by atoms with Crippen molar-refractivity contribution in [1.82, 2.24) is 0 Å². The molecule has 196 valence electrons. The molecule has 7 nitrogen and oxygen atoms in total. The molecule has 1 N–H and O–H groups in total. The molecule has 0 aliphatic carbocycles. The van der Waals surface area contributed by atoms with E-state index in [1.807, 2.05) is 20.8 Å². The van der Waals surface area contributed by atoms with Crippen LogP contribution in [0.2, 0.25) is 18.1 Å². The third-order valence-electron chi connectivity index (χ3n) is 8.39. The Morgan fingerprint density at radius 2 is 1.79 bits per heavy atom. The summed E-state index contributed by atoms with van der Waals surface area (Å²) in [6.07, 6.45) is 3.76. The summed E-state index contributed by atoms with van der Waals surface area (Å²) in [6.45, 7) is 16.5. The standard InChI is InChI=1S/C26H46O7Si/c1-9-25(5,6)23(30)31-17-18-14-20-11-13-26(18,32-20)12-10-19(27)15-21(16-22(28)29)33-34(7,8)24(2,3)4/h18,20-21H,9-17H2,1-8H3,(H,28,29)/t18-,20+,21?,26+/m0/s1. The SMILES string of the molecule is CCC(C)(C)C(=O)OC[C@@H]1C[C@H]2CC[C@@]1(CCC(=O)CC(CC(=O)O)O[Si](C)(C)C(C)(C)C)O2. The fourth-order valence-corrected chi connectivity index (χ4v) is 5.98. The Kier molecular flexibility index (Phi) is 9.19. The first-order chi connectivity index (χ1) is 15.5. The zero-order valence-electron chi connectivity index (χ0n) is 22.5. The van der Waals surface area contributed by atoms with Crippen molar-refractivity contribution < 1.29 is 33.4 Å². The number of rotatable bonds is 13. The van der Waals surface area contributed by atoms with Crippen LogP contribution in [0.3, 0.4) is 0 Å². The number of hydrogen-bond donors (Lipinski definition) is 1. The van der Waals surface area contributed by atoms with Gasteiger partial charge >= 0.3 is 11.9 Å². The number of aliphatic carboxylic acids is 1. The molecular weight excluding hydrogens is 452 g/mol. The van der Waals surface area contributed by atoms with Gasteiger partial charge in [-0.1, -0.05) is 27.7 Å². The predicted molar refractivity (Wildman–Crippen MR) is 133 cm³/mol. The molecule has 2 heterocycles. The summed E-state index contributed by atoms with van der Waals surface area (Å²) in [4.78, 5) is 36.8. The molecule has 2 fully saturated rings. The van der Waals surface area contributed by atoms with Crippen LogP contribution < -0.4 is 0 Å². The number of ketones is 1. The summed E-state index contributed by atoms with van der Waals surface area (Å²) in [6, 6.07) is 0. The summed E-state index contributed by atoms with van der Waals surface area (Å²) >= 11 is 0. The zero-order valence-corrected chi connectivity index (χ0v) is 23.5. The molecule has 0 spiro atoms. The summed E-state index contributed by atoms with van der Waals surface area (Å²) in [7, 11) is -2.21. The van der Waals surface area contributed by atoms with E-state index < -0.39 is 31.4 Å². The van der Waals surface area contributed by atoms with Crippen LogP contribution in [-0.4, -0.2) is 55.6 Å². The molecule has 4 atom stereocenters. The number of carbonyl (C=O) groups is 3.